The molecule has 1 saturated heterocycles. The van der Waals surface area contributed by atoms with Gasteiger partial charge < -0.3 is 20.3 Å². The van der Waals surface area contributed by atoms with Crippen molar-refractivity contribution in [3.63, 3.8) is 0 Å². The lowest BCUT2D eigenvalue weighted by Gasteiger charge is -2.30. The minimum Gasteiger partial charge on any atom is -0.383 e. The summed E-state index contributed by atoms with van der Waals surface area (Å²) in [6, 6.07) is 0. The third-order valence-corrected chi connectivity index (χ3v) is 3.31. The first-order valence-corrected chi connectivity index (χ1v) is 6.76. The Bertz CT molecular complexity index is 310. The molecule has 0 aromatic heterocycles. The van der Waals surface area contributed by atoms with Crippen molar-refractivity contribution in [1.29, 1.82) is 0 Å². The van der Waals surface area contributed by atoms with E-state index in [0.717, 1.165) is 13.0 Å². The Labute approximate surface area is 114 Å². The van der Waals surface area contributed by atoms with E-state index in [1.54, 1.807) is 14.2 Å². The van der Waals surface area contributed by atoms with Crippen molar-refractivity contribution in [3.8, 4) is 0 Å². The van der Waals surface area contributed by atoms with Crippen molar-refractivity contribution in [2.45, 2.75) is 13.3 Å². The van der Waals surface area contributed by atoms with Gasteiger partial charge in [0.15, 0.2) is 0 Å². The molecular weight excluding hydrogens is 246 g/mol. The zero-order chi connectivity index (χ0) is 14.3. The molecule has 6 nitrogen and oxygen atoms in total. The lowest BCUT2D eigenvalue weighted by atomic mass is 9.91. The van der Waals surface area contributed by atoms with Crippen molar-refractivity contribution in [3.05, 3.63) is 0 Å². The van der Waals surface area contributed by atoms with E-state index in [9.17, 15) is 9.59 Å². The van der Waals surface area contributed by atoms with Gasteiger partial charge in [0.2, 0.25) is 11.8 Å². The van der Waals surface area contributed by atoms with Gasteiger partial charge in [0.25, 0.3) is 0 Å². The second kappa shape index (κ2) is 8.12. The molecule has 1 fully saturated rings. The van der Waals surface area contributed by atoms with Crippen LogP contribution in [0.25, 0.3) is 0 Å². The smallest absolute Gasteiger partial charge is 0.239 e. The number of methoxy groups -OCH3 is 1. The maximum absolute atomic E-state index is 12.2. The van der Waals surface area contributed by atoms with E-state index in [4.69, 9.17) is 4.74 Å². The quantitative estimate of drug-likeness (QED) is 0.636. The Morgan fingerprint density at radius 3 is 2.79 bits per heavy atom. The number of carbonyl (C=O) groups is 2. The Kier molecular flexibility index (Phi) is 6.80. The maximum Gasteiger partial charge on any atom is 0.239 e. The first kappa shape index (κ1) is 15.9. The van der Waals surface area contributed by atoms with Crippen molar-refractivity contribution in [2.75, 3.05) is 46.9 Å². The van der Waals surface area contributed by atoms with Crippen LogP contribution in [0.4, 0.5) is 0 Å². The number of carbonyl (C=O) groups excluding carboxylic acids is 2. The van der Waals surface area contributed by atoms with Gasteiger partial charge in [-0.05, 0) is 18.9 Å². The highest BCUT2D eigenvalue weighted by Gasteiger charge is 2.27. The van der Waals surface area contributed by atoms with Crippen LogP contribution in [0, 0.1) is 11.8 Å². The molecule has 0 spiro atoms. The fourth-order valence-electron chi connectivity index (χ4n) is 2.30. The molecule has 2 atom stereocenters. The largest absolute Gasteiger partial charge is 0.383 e. The number of hydrogen-bond donors (Lipinski definition) is 2. The molecule has 2 unspecified atom stereocenters. The van der Waals surface area contributed by atoms with Gasteiger partial charge in [-0.15, -0.1) is 0 Å². The highest BCUT2D eigenvalue weighted by atomic mass is 16.5. The molecule has 2 amide bonds. The summed E-state index contributed by atoms with van der Waals surface area (Å²) < 4.78 is 4.85. The summed E-state index contributed by atoms with van der Waals surface area (Å²) in [4.78, 5) is 25.3. The minimum atomic E-state index is -0.148. The summed E-state index contributed by atoms with van der Waals surface area (Å²) >= 11 is 0. The summed E-state index contributed by atoms with van der Waals surface area (Å²) in [6.07, 6.45) is 0.890. The van der Waals surface area contributed by atoms with Crippen molar-refractivity contribution >= 4 is 11.8 Å². The first-order chi connectivity index (χ1) is 9.04. The lowest BCUT2D eigenvalue weighted by Crippen LogP contribution is -2.46. The summed E-state index contributed by atoms with van der Waals surface area (Å²) in [5, 5.41) is 5.96. The molecule has 19 heavy (non-hydrogen) atoms. The molecule has 2 N–H and O–H groups in total. The van der Waals surface area contributed by atoms with Gasteiger partial charge in [-0.1, -0.05) is 6.92 Å². The van der Waals surface area contributed by atoms with Crippen molar-refractivity contribution < 1.29 is 14.3 Å². The Morgan fingerprint density at radius 2 is 2.16 bits per heavy atom. The number of nitrogens with zero attached hydrogens (tertiary/aromatic N) is 1. The normalized spacial score (nSPS) is 22.9. The van der Waals surface area contributed by atoms with Crippen LogP contribution < -0.4 is 10.6 Å². The topological polar surface area (TPSA) is 70.7 Å². The number of hydrogen-bond acceptors (Lipinski definition) is 4. The van der Waals surface area contributed by atoms with Crippen molar-refractivity contribution in [1.82, 2.24) is 15.5 Å². The van der Waals surface area contributed by atoms with Crippen LogP contribution in [0.15, 0.2) is 0 Å². The standard InChI is InChI=1S/C13H25N3O3/c1-10-6-11(8-14-7-10)13(18)16(2)9-12(17)15-4-5-19-3/h10-11,14H,4-9H2,1-3H3,(H,15,17). The van der Waals surface area contributed by atoms with Crippen LogP contribution in [-0.2, 0) is 14.3 Å². The molecule has 0 saturated carbocycles. The molecule has 0 aromatic carbocycles. The van der Waals surface area contributed by atoms with E-state index in [-0.39, 0.29) is 24.3 Å². The van der Waals surface area contributed by atoms with Gasteiger partial charge in [0, 0.05) is 27.2 Å². The number of nitrogens with one attached hydrogen (secondary N) is 2. The van der Waals surface area contributed by atoms with Gasteiger partial charge >= 0.3 is 0 Å². The van der Waals surface area contributed by atoms with Crippen molar-refractivity contribution in [2.24, 2.45) is 11.8 Å². The third-order valence-electron chi connectivity index (χ3n) is 3.31. The van der Waals surface area contributed by atoms with Crippen LogP contribution >= 0.6 is 0 Å². The number of likely N-dealkylation sites (N-methyl/N-ethyl adjacent to an activating group) is 1. The summed E-state index contributed by atoms with van der Waals surface area (Å²) in [6.45, 7) is 4.86. The van der Waals surface area contributed by atoms with E-state index in [0.29, 0.717) is 25.6 Å². The number of piperidine rings is 1. The van der Waals surface area contributed by atoms with E-state index in [1.807, 2.05) is 0 Å². The fourth-order valence-corrected chi connectivity index (χ4v) is 2.30. The van der Waals surface area contributed by atoms with E-state index >= 15 is 0 Å². The predicted octanol–water partition coefficient (Wildman–Crippen LogP) is -0.547. The van der Waals surface area contributed by atoms with Gasteiger partial charge in [0.05, 0.1) is 19.1 Å². The molecule has 110 valence electrons. The molecule has 1 aliphatic heterocycles. The van der Waals surface area contributed by atoms with Crippen LogP contribution in [-0.4, -0.2) is 63.7 Å². The third kappa shape index (κ3) is 5.57. The first-order valence-electron chi connectivity index (χ1n) is 6.76. The zero-order valence-electron chi connectivity index (χ0n) is 12.1. The second-order valence-corrected chi connectivity index (χ2v) is 5.23. The molecule has 0 bridgehead atoms. The van der Waals surface area contributed by atoms with Gasteiger partial charge in [-0.25, -0.2) is 0 Å². The van der Waals surface area contributed by atoms with Crippen LogP contribution in [0.3, 0.4) is 0 Å². The van der Waals surface area contributed by atoms with Crippen LogP contribution in [0.1, 0.15) is 13.3 Å². The average molecular weight is 271 g/mol. The SMILES string of the molecule is COCCNC(=O)CN(C)C(=O)C1CNCC(C)C1. The highest BCUT2D eigenvalue weighted by molar-refractivity contribution is 5.85. The molecule has 0 aliphatic carbocycles. The van der Waals surface area contributed by atoms with Gasteiger partial charge in [0.1, 0.15) is 0 Å². The summed E-state index contributed by atoms with van der Waals surface area (Å²) in [5.74, 6) is 0.387. The second-order valence-electron chi connectivity index (χ2n) is 5.23. The Hall–Kier alpha value is -1.14. The summed E-state index contributed by atoms with van der Waals surface area (Å²) in [7, 11) is 3.26. The zero-order valence-corrected chi connectivity index (χ0v) is 12.1. The highest BCUT2D eigenvalue weighted by Crippen LogP contribution is 2.17. The lowest BCUT2D eigenvalue weighted by molar-refractivity contribution is -0.138. The predicted molar refractivity (Wildman–Crippen MR) is 72.7 cm³/mol. The van der Waals surface area contributed by atoms with Gasteiger partial charge in [-0.2, -0.15) is 0 Å². The fraction of sp³-hybridized carbons (Fsp3) is 0.846. The molecule has 1 aliphatic rings. The van der Waals surface area contributed by atoms with E-state index in [1.165, 1.54) is 4.90 Å². The number of rotatable bonds is 6. The molecule has 1 heterocycles. The minimum absolute atomic E-state index is 0.0134. The molecule has 0 aromatic rings. The monoisotopic (exact) mass is 271 g/mol. The van der Waals surface area contributed by atoms with E-state index < -0.39 is 0 Å². The molecule has 6 heteroatoms. The molecular formula is C13H25N3O3. The number of ether oxygens (including phenoxy) is 1. The van der Waals surface area contributed by atoms with Crippen LogP contribution in [0.5, 0.6) is 0 Å². The van der Waals surface area contributed by atoms with Gasteiger partial charge in [-0.3, -0.25) is 9.59 Å². The molecule has 1 rings (SSSR count). The van der Waals surface area contributed by atoms with E-state index in [2.05, 4.69) is 17.6 Å². The van der Waals surface area contributed by atoms with Crippen LogP contribution in [0.2, 0.25) is 0 Å². The maximum atomic E-state index is 12.2. The Morgan fingerprint density at radius 1 is 1.42 bits per heavy atom. The Balaban J connectivity index is 2.33. The summed E-state index contributed by atoms with van der Waals surface area (Å²) in [5.41, 5.74) is 0. The molecule has 0 radical (unpaired) electrons. The number of amides is 2. The average Bonchev–Trinajstić information content (AvgIpc) is 2.38.